The number of carbonyl (C=O) groups is 1. The quantitative estimate of drug-likeness (QED) is 0.306. The van der Waals surface area contributed by atoms with E-state index in [9.17, 15) is 4.79 Å². The molecule has 0 saturated carbocycles. The first kappa shape index (κ1) is 21.6. The topological polar surface area (TPSA) is 145 Å². The maximum absolute atomic E-state index is 12.0. The van der Waals surface area contributed by atoms with Crippen molar-refractivity contribution in [3.63, 3.8) is 0 Å². The Labute approximate surface area is 189 Å². The molecule has 0 fully saturated rings. The van der Waals surface area contributed by atoms with Gasteiger partial charge in [0.1, 0.15) is 11.6 Å². The van der Waals surface area contributed by atoms with Crippen LogP contribution in [0.5, 0.6) is 5.88 Å². The first-order chi connectivity index (χ1) is 16.2. The molecule has 0 radical (unpaired) electrons. The van der Waals surface area contributed by atoms with Gasteiger partial charge in [0.15, 0.2) is 18.2 Å². The van der Waals surface area contributed by atoms with Crippen LogP contribution in [0.25, 0.3) is 5.82 Å². The summed E-state index contributed by atoms with van der Waals surface area (Å²) in [6, 6.07) is 12.5. The van der Waals surface area contributed by atoms with E-state index in [4.69, 9.17) is 4.74 Å². The summed E-state index contributed by atoms with van der Waals surface area (Å²) >= 11 is 0. The molecule has 3 N–H and O–H groups in total. The van der Waals surface area contributed by atoms with Gasteiger partial charge in [0, 0.05) is 37.7 Å². The van der Waals surface area contributed by atoms with Crippen molar-refractivity contribution >= 4 is 23.4 Å². The average Bonchev–Trinajstić information content (AvgIpc) is 3.38. The third-order valence-electron chi connectivity index (χ3n) is 4.30. The standard InChI is InChI=1S/C21H22N10O2/c1-15-3-4-16(24-13-15)26-18-6-5-17(27-28-18)22-10-11-23-20(32)14-33-21-8-7-19(29-30-21)31-12-2-9-25-31/h2-9,12-13H,10-11,14H2,1H3,(H,22,27)(H,23,32)(H,24,26,28). The fourth-order valence-electron chi connectivity index (χ4n) is 2.67. The monoisotopic (exact) mass is 446 g/mol. The minimum atomic E-state index is -0.272. The van der Waals surface area contributed by atoms with Gasteiger partial charge in [-0.2, -0.15) is 5.10 Å². The second-order valence-electron chi connectivity index (χ2n) is 6.90. The second kappa shape index (κ2) is 10.6. The molecule has 0 aliphatic heterocycles. The number of nitrogens with zero attached hydrogens (tertiary/aromatic N) is 7. The highest BCUT2D eigenvalue weighted by molar-refractivity contribution is 5.77. The molecule has 0 aliphatic rings. The third-order valence-corrected chi connectivity index (χ3v) is 4.30. The number of anilines is 3. The van der Waals surface area contributed by atoms with Crippen LogP contribution in [0.1, 0.15) is 5.56 Å². The van der Waals surface area contributed by atoms with Crippen molar-refractivity contribution in [2.45, 2.75) is 6.92 Å². The normalized spacial score (nSPS) is 10.5. The molecule has 4 aromatic rings. The van der Waals surface area contributed by atoms with E-state index in [0.29, 0.717) is 36.4 Å². The number of carbonyl (C=O) groups excluding carboxylic acids is 1. The van der Waals surface area contributed by atoms with Crippen LogP contribution in [0.3, 0.4) is 0 Å². The minimum absolute atomic E-state index is 0.164. The third kappa shape index (κ3) is 6.43. The lowest BCUT2D eigenvalue weighted by atomic mass is 10.3. The number of aromatic nitrogens is 7. The van der Waals surface area contributed by atoms with Crippen molar-refractivity contribution in [1.82, 2.24) is 40.5 Å². The summed E-state index contributed by atoms with van der Waals surface area (Å²) in [5, 5.41) is 29.1. The number of nitrogens with one attached hydrogen (secondary N) is 3. The smallest absolute Gasteiger partial charge is 0.258 e. The summed E-state index contributed by atoms with van der Waals surface area (Å²) in [7, 11) is 0. The molecule has 0 spiro atoms. The van der Waals surface area contributed by atoms with Gasteiger partial charge in [-0.05, 0) is 42.8 Å². The van der Waals surface area contributed by atoms with Crippen LogP contribution in [0.2, 0.25) is 0 Å². The van der Waals surface area contributed by atoms with Gasteiger partial charge in [-0.1, -0.05) is 6.07 Å². The van der Waals surface area contributed by atoms with Crippen LogP contribution in [-0.4, -0.2) is 60.8 Å². The van der Waals surface area contributed by atoms with Gasteiger partial charge in [-0.25, -0.2) is 9.67 Å². The van der Waals surface area contributed by atoms with Gasteiger partial charge in [-0.3, -0.25) is 4.79 Å². The summed E-state index contributed by atoms with van der Waals surface area (Å²) in [6.07, 6.45) is 5.18. The molecule has 0 aromatic carbocycles. The summed E-state index contributed by atoms with van der Waals surface area (Å²) in [5.74, 6) is 2.41. The Morgan fingerprint density at radius 1 is 0.970 bits per heavy atom. The van der Waals surface area contributed by atoms with Crippen molar-refractivity contribution in [3.05, 3.63) is 66.6 Å². The van der Waals surface area contributed by atoms with Crippen molar-refractivity contribution in [1.29, 1.82) is 0 Å². The summed E-state index contributed by atoms with van der Waals surface area (Å²) in [6.45, 7) is 2.68. The van der Waals surface area contributed by atoms with Gasteiger partial charge >= 0.3 is 0 Å². The zero-order valence-electron chi connectivity index (χ0n) is 17.8. The SMILES string of the molecule is Cc1ccc(Nc2ccc(NCCNC(=O)COc3ccc(-n4cccn4)nn3)nn2)nc1. The Morgan fingerprint density at radius 2 is 1.82 bits per heavy atom. The van der Waals surface area contributed by atoms with Crippen LogP contribution in [0.4, 0.5) is 17.5 Å². The molecule has 4 aromatic heterocycles. The molecule has 0 bridgehead atoms. The van der Waals surface area contributed by atoms with Crippen molar-refractivity contribution in [3.8, 4) is 11.7 Å². The number of ether oxygens (including phenoxy) is 1. The molecular formula is C21H22N10O2. The molecule has 33 heavy (non-hydrogen) atoms. The lowest BCUT2D eigenvalue weighted by Crippen LogP contribution is -2.33. The molecule has 1 amide bonds. The molecule has 0 unspecified atom stereocenters. The Morgan fingerprint density at radius 3 is 2.52 bits per heavy atom. The van der Waals surface area contributed by atoms with Gasteiger partial charge in [0.2, 0.25) is 5.88 Å². The largest absolute Gasteiger partial charge is 0.466 e. The fraction of sp³-hybridized carbons (Fsp3) is 0.190. The number of amides is 1. The Bertz CT molecular complexity index is 1150. The molecule has 0 aliphatic carbocycles. The van der Waals surface area contributed by atoms with E-state index in [0.717, 1.165) is 5.56 Å². The van der Waals surface area contributed by atoms with Gasteiger partial charge in [-0.15, -0.1) is 20.4 Å². The first-order valence-electron chi connectivity index (χ1n) is 10.2. The summed E-state index contributed by atoms with van der Waals surface area (Å²) < 4.78 is 6.93. The van der Waals surface area contributed by atoms with Crippen LogP contribution in [0.15, 0.2) is 61.1 Å². The molecule has 12 heteroatoms. The molecule has 0 saturated heterocycles. The zero-order chi connectivity index (χ0) is 22.9. The lowest BCUT2D eigenvalue weighted by molar-refractivity contribution is -0.123. The average molecular weight is 446 g/mol. The molecular weight excluding hydrogens is 424 g/mol. The molecule has 4 heterocycles. The summed E-state index contributed by atoms with van der Waals surface area (Å²) in [4.78, 5) is 16.2. The fourth-order valence-corrected chi connectivity index (χ4v) is 2.67. The van der Waals surface area contributed by atoms with Gasteiger partial charge < -0.3 is 20.7 Å². The van der Waals surface area contributed by atoms with Crippen LogP contribution < -0.4 is 20.7 Å². The molecule has 12 nitrogen and oxygen atoms in total. The highest BCUT2D eigenvalue weighted by atomic mass is 16.5. The van der Waals surface area contributed by atoms with Gasteiger partial charge in [0.25, 0.3) is 5.91 Å². The van der Waals surface area contributed by atoms with E-state index in [1.54, 1.807) is 53.6 Å². The van der Waals surface area contributed by atoms with Crippen molar-refractivity contribution in [2.24, 2.45) is 0 Å². The Balaban J connectivity index is 1.13. The zero-order valence-corrected chi connectivity index (χ0v) is 17.8. The van der Waals surface area contributed by atoms with E-state index in [-0.39, 0.29) is 18.4 Å². The van der Waals surface area contributed by atoms with E-state index < -0.39 is 0 Å². The predicted molar refractivity (Wildman–Crippen MR) is 120 cm³/mol. The molecule has 4 rings (SSSR count). The van der Waals surface area contributed by atoms with E-state index in [1.807, 2.05) is 19.1 Å². The van der Waals surface area contributed by atoms with Crippen molar-refractivity contribution < 1.29 is 9.53 Å². The number of hydrogen-bond donors (Lipinski definition) is 3. The van der Waals surface area contributed by atoms with E-state index >= 15 is 0 Å². The summed E-state index contributed by atoms with van der Waals surface area (Å²) in [5.41, 5.74) is 1.08. The Kier molecular flexibility index (Phi) is 6.95. The maximum atomic E-state index is 12.0. The van der Waals surface area contributed by atoms with Crippen LogP contribution in [-0.2, 0) is 4.79 Å². The number of rotatable bonds is 10. The first-order valence-corrected chi connectivity index (χ1v) is 10.2. The number of hydrogen-bond acceptors (Lipinski definition) is 10. The highest BCUT2D eigenvalue weighted by Gasteiger charge is 2.05. The number of aryl methyl sites for hydroxylation is 1. The predicted octanol–water partition coefficient (Wildman–Crippen LogP) is 1.51. The van der Waals surface area contributed by atoms with Crippen LogP contribution >= 0.6 is 0 Å². The second-order valence-corrected chi connectivity index (χ2v) is 6.90. The van der Waals surface area contributed by atoms with Gasteiger partial charge in [0.05, 0.1) is 0 Å². The van der Waals surface area contributed by atoms with Crippen LogP contribution in [0, 0.1) is 6.92 Å². The number of pyridine rings is 1. The molecule has 0 atom stereocenters. The Hall–Kier alpha value is -4.61. The molecule has 168 valence electrons. The van der Waals surface area contributed by atoms with Crippen molar-refractivity contribution in [2.75, 3.05) is 30.3 Å². The maximum Gasteiger partial charge on any atom is 0.258 e. The highest BCUT2D eigenvalue weighted by Crippen LogP contribution is 2.12. The van der Waals surface area contributed by atoms with E-state index in [2.05, 4.69) is 46.4 Å². The lowest BCUT2D eigenvalue weighted by Gasteiger charge is -2.09. The van der Waals surface area contributed by atoms with E-state index in [1.165, 1.54) is 0 Å². The minimum Gasteiger partial charge on any atom is -0.466 e.